The Balaban J connectivity index is 2.47. The van der Waals surface area contributed by atoms with Crippen molar-refractivity contribution in [1.82, 2.24) is 0 Å². The van der Waals surface area contributed by atoms with Gasteiger partial charge in [-0.05, 0) is 6.42 Å². The van der Waals surface area contributed by atoms with Crippen molar-refractivity contribution in [2.24, 2.45) is 0 Å². The number of carbonyl (C=O) groups excluding carboxylic acids is 2. The zero-order chi connectivity index (χ0) is 29.0. The summed E-state index contributed by atoms with van der Waals surface area (Å²) in [5.41, 5.74) is 0. The third-order valence-electron chi connectivity index (χ3n) is 6.91. The minimum atomic E-state index is -1.50. The first kappa shape index (κ1) is 35.7. The predicted molar refractivity (Wildman–Crippen MR) is 143 cm³/mol. The van der Waals surface area contributed by atoms with Gasteiger partial charge < -0.3 is 44.5 Å². The lowest BCUT2D eigenvalue weighted by Crippen LogP contribution is -2.62. The second-order valence-electron chi connectivity index (χ2n) is 10.4. The van der Waals surface area contributed by atoms with Crippen LogP contribution in [0.1, 0.15) is 104 Å². The standard InChI is InChI=1S/C28H52O11/c1-3-4-5-6-7-8-9-10-11-12-13-14-15-16-24(34)39-26-25(35)23(18-30)38-28(27(26)37-20(2)31)36-19-22(33)21(32)17-29/h21-23,25-30,32-33,35H,3-19H2,1-2H3/t21-,22+,23?,25?,26?,27?,28?/m0/s1. The van der Waals surface area contributed by atoms with Crippen molar-refractivity contribution in [3.05, 3.63) is 0 Å². The summed E-state index contributed by atoms with van der Waals surface area (Å²) in [5, 5.41) is 48.6. The molecule has 0 saturated carbocycles. The van der Waals surface area contributed by atoms with Crippen LogP contribution in [0.2, 0.25) is 0 Å². The number of hydrogen-bond donors (Lipinski definition) is 5. The molecule has 1 aliphatic rings. The molecule has 0 aromatic carbocycles. The average molecular weight is 565 g/mol. The highest BCUT2D eigenvalue weighted by molar-refractivity contribution is 5.70. The minimum Gasteiger partial charge on any atom is -0.455 e. The van der Waals surface area contributed by atoms with Gasteiger partial charge in [-0.3, -0.25) is 9.59 Å². The van der Waals surface area contributed by atoms with E-state index in [0.29, 0.717) is 6.42 Å². The van der Waals surface area contributed by atoms with Crippen LogP contribution in [0.5, 0.6) is 0 Å². The van der Waals surface area contributed by atoms with Gasteiger partial charge >= 0.3 is 11.9 Å². The van der Waals surface area contributed by atoms with Gasteiger partial charge in [-0.1, -0.05) is 84.0 Å². The van der Waals surface area contributed by atoms with Gasteiger partial charge in [0.1, 0.15) is 24.4 Å². The number of ether oxygens (including phenoxy) is 4. The van der Waals surface area contributed by atoms with E-state index in [1.54, 1.807) is 0 Å². The third-order valence-corrected chi connectivity index (χ3v) is 6.91. The first-order valence-electron chi connectivity index (χ1n) is 14.6. The largest absolute Gasteiger partial charge is 0.455 e. The Hall–Kier alpha value is -1.34. The van der Waals surface area contributed by atoms with E-state index in [4.69, 9.17) is 24.1 Å². The second-order valence-corrected chi connectivity index (χ2v) is 10.4. The molecule has 1 saturated heterocycles. The van der Waals surface area contributed by atoms with E-state index in [1.165, 1.54) is 57.8 Å². The summed E-state index contributed by atoms with van der Waals surface area (Å²) in [6.45, 7) is 1.49. The predicted octanol–water partition coefficient (Wildman–Crippen LogP) is 2.12. The molecule has 11 nitrogen and oxygen atoms in total. The van der Waals surface area contributed by atoms with Crippen LogP contribution >= 0.6 is 0 Å². The lowest BCUT2D eigenvalue weighted by molar-refractivity contribution is -0.310. The van der Waals surface area contributed by atoms with Crippen LogP contribution in [0.3, 0.4) is 0 Å². The monoisotopic (exact) mass is 564 g/mol. The van der Waals surface area contributed by atoms with Gasteiger partial charge in [0, 0.05) is 13.3 Å². The van der Waals surface area contributed by atoms with Crippen molar-refractivity contribution in [3.63, 3.8) is 0 Å². The van der Waals surface area contributed by atoms with Gasteiger partial charge in [0.15, 0.2) is 18.5 Å². The fourth-order valence-electron chi connectivity index (χ4n) is 4.55. The van der Waals surface area contributed by atoms with Crippen LogP contribution < -0.4 is 0 Å². The number of hydrogen-bond acceptors (Lipinski definition) is 11. The number of carbonyl (C=O) groups is 2. The Kier molecular flexibility index (Phi) is 19.6. The molecule has 1 aliphatic heterocycles. The lowest BCUT2D eigenvalue weighted by Gasteiger charge is -2.42. The molecule has 5 unspecified atom stereocenters. The van der Waals surface area contributed by atoms with Crippen molar-refractivity contribution in [2.75, 3.05) is 19.8 Å². The highest BCUT2D eigenvalue weighted by Gasteiger charge is 2.50. The SMILES string of the molecule is CCCCCCCCCCCCCCCC(=O)OC1C(O)C(CO)OC(OC[C@@H](O)[C@@H](O)CO)C1OC(C)=O. The van der Waals surface area contributed by atoms with E-state index in [9.17, 15) is 30.0 Å². The molecule has 230 valence electrons. The molecule has 7 atom stereocenters. The molecule has 1 rings (SSSR count). The average Bonchev–Trinajstić information content (AvgIpc) is 2.91. The Morgan fingerprint density at radius 3 is 1.82 bits per heavy atom. The number of rotatable bonds is 22. The Morgan fingerprint density at radius 1 is 0.795 bits per heavy atom. The maximum atomic E-state index is 12.6. The highest BCUT2D eigenvalue weighted by atomic mass is 16.7. The van der Waals surface area contributed by atoms with Crippen LogP contribution in [0.4, 0.5) is 0 Å². The highest BCUT2D eigenvalue weighted by Crippen LogP contribution is 2.28. The zero-order valence-corrected chi connectivity index (χ0v) is 23.7. The van der Waals surface area contributed by atoms with Crippen LogP contribution in [-0.2, 0) is 28.5 Å². The van der Waals surface area contributed by atoms with Crippen LogP contribution in [0.15, 0.2) is 0 Å². The van der Waals surface area contributed by atoms with Gasteiger partial charge in [-0.15, -0.1) is 0 Å². The molecular formula is C28H52O11. The fraction of sp³-hybridized carbons (Fsp3) is 0.929. The summed E-state index contributed by atoms with van der Waals surface area (Å²) in [4.78, 5) is 24.3. The summed E-state index contributed by atoms with van der Waals surface area (Å²) in [5.74, 6) is -1.34. The summed E-state index contributed by atoms with van der Waals surface area (Å²) < 4.78 is 21.6. The smallest absolute Gasteiger partial charge is 0.306 e. The molecule has 0 radical (unpaired) electrons. The summed E-state index contributed by atoms with van der Waals surface area (Å²) in [6.07, 6.45) is 5.50. The maximum absolute atomic E-state index is 12.6. The molecule has 11 heteroatoms. The Morgan fingerprint density at radius 2 is 1.33 bits per heavy atom. The van der Waals surface area contributed by atoms with Crippen molar-refractivity contribution < 1.29 is 54.1 Å². The molecule has 39 heavy (non-hydrogen) atoms. The van der Waals surface area contributed by atoms with Gasteiger partial charge in [-0.2, -0.15) is 0 Å². The zero-order valence-electron chi connectivity index (χ0n) is 23.7. The van der Waals surface area contributed by atoms with Gasteiger partial charge in [0.25, 0.3) is 0 Å². The van der Waals surface area contributed by atoms with Crippen molar-refractivity contribution in [2.45, 2.75) is 147 Å². The van der Waals surface area contributed by atoms with Crippen LogP contribution in [0, 0.1) is 0 Å². The summed E-state index contributed by atoms with van der Waals surface area (Å²) >= 11 is 0. The van der Waals surface area contributed by atoms with E-state index >= 15 is 0 Å². The van der Waals surface area contributed by atoms with E-state index < -0.39 is 74.7 Å². The molecule has 0 spiro atoms. The first-order chi connectivity index (χ1) is 18.7. The molecule has 0 amide bonds. The third kappa shape index (κ3) is 14.7. The number of aliphatic hydroxyl groups is 5. The molecule has 0 aromatic rings. The van der Waals surface area contributed by atoms with Crippen molar-refractivity contribution >= 4 is 11.9 Å². The molecule has 1 heterocycles. The molecule has 5 N–H and O–H groups in total. The number of unbranched alkanes of at least 4 members (excludes halogenated alkanes) is 12. The summed E-state index contributed by atoms with van der Waals surface area (Å²) in [6, 6.07) is 0. The fourth-order valence-corrected chi connectivity index (χ4v) is 4.55. The Bertz CT molecular complexity index is 647. The normalized spacial score (nSPS) is 24.7. The van der Waals surface area contributed by atoms with Crippen LogP contribution in [0.25, 0.3) is 0 Å². The molecular weight excluding hydrogens is 512 g/mol. The van der Waals surface area contributed by atoms with E-state index in [-0.39, 0.29) is 6.42 Å². The van der Waals surface area contributed by atoms with Gasteiger partial charge in [-0.25, -0.2) is 0 Å². The molecule has 0 bridgehead atoms. The lowest BCUT2D eigenvalue weighted by atomic mass is 9.98. The quantitative estimate of drug-likeness (QED) is 0.0963. The van der Waals surface area contributed by atoms with Crippen LogP contribution in [-0.4, -0.2) is 100 Å². The first-order valence-corrected chi connectivity index (χ1v) is 14.6. The van der Waals surface area contributed by atoms with Gasteiger partial charge in [0.2, 0.25) is 0 Å². The summed E-state index contributed by atoms with van der Waals surface area (Å²) in [7, 11) is 0. The Labute approximate surface area is 232 Å². The van der Waals surface area contributed by atoms with E-state index in [0.717, 1.165) is 26.2 Å². The second kappa shape index (κ2) is 21.4. The van der Waals surface area contributed by atoms with E-state index in [2.05, 4.69) is 6.92 Å². The topological polar surface area (TPSA) is 172 Å². The molecule has 0 aliphatic carbocycles. The maximum Gasteiger partial charge on any atom is 0.306 e. The van der Waals surface area contributed by atoms with E-state index in [1.807, 2.05) is 0 Å². The molecule has 0 aromatic heterocycles. The van der Waals surface area contributed by atoms with Crippen molar-refractivity contribution in [3.8, 4) is 0 Å². The minimum absolute atomic E-state index is 0.116. The van der Waals surface area contributed by atoms with Crippen molar-refractivity contribution in [1.29, 1.82) is 0 Å². The number of aliphatic hydroxyl groups excluding tert-OH is 5. The van der Waals surface area contributed by atoms with Gasteiger partial charge in [0.05, 0.1) is 19.8 Å². The molecule has 1 fully saturated rings. The number of esters is 2.